The molecule has 0 aliphatic carbocycles. The van der Waals surface area contributed by atoms with Crippen LogP contribution in [-0.4, -0.2) is 27.9 Å². The Labute approximate surface area is 116 Å². The van der Waals surface area contributed by atoms with Crippen LogP contribution in [0.1, 0.15) is 18.4 Å². The highest BCUT2D eigenvalue weighted by Crippen LogP contribution is 2.46. The largest absolute Gasteiger partial charge is 0.481 e. The molecular weight excluding hydrogens is 289 g/mol. The number of hydrogen-bond donors (Lipinski definition) is 3. The van der Waals surface area contributed by atoms with Crippen molar-refractivity contribution in [1.29, 1.82) is 0 Å². The SMILES string of the molecule is NC(CCC(=O)O)P(=O)(O)CCc1ccccc1Cl. The minimum Gasteiger partial charge on any atom is -0.481 e. The van der Waals surface area contributed by atoms with Gasteiger partial charge >= 0.3 is 5.97 Å². The molecule has 0 heterocycles. The summed E-state index contributed by atoms with van der Waals surface area (Å²) in [6.07, 6.45) is 0.120. The van der Waals surface area contributed by atoms with Crippen molar-refractivity contribution in [3.8, 4) is 0 Å². The van der Waals surface area contributed by atoms with Crippen LogP contribution in [0.25, 0.3) is 0 Å². The lowest BCUT2D eigenvalue weighted by atomic mass is 10.2. The van der Waals surface area contributed by atoms with E-state index in [-0.39, 0.29) is 19.0 Å². The summed E-state index contributed by atoms with van der Waals surface area (Å²) >= 11 is 5.96. The lowest BCUT2D eigenvalue weighted by Gasteiger charge is -2.18. The molecule has 0 aliphatic rings. The van der Waals surface area contributed by atoms with E-state index in [9.17, 15) is 14.3 Å². The quantitative estimate of drug-likeness (QED) is 0.671. The summed E-state index contributed by atoms with van der Waals surface area (Å²) in [5.41, 5.74) is 6.37. The molecule has 2 atom stereocenters. The molecule has 1 aromatic rings. The third-order valence-electron chi connectivity index (χ3n) is 2.83. The number of halogens is 1. The van der Waals surface area contributed by atoms with Gasteiger partial charge in [-0.3, -0.25) is 9.36 Å². The van der Waals surface area contributed by atoms with Gasteiger partial charge in [0.15, 0.2) is 0 Å². The predicted octanol–water partition coefficient (Wildman–Crippen LogP) is 2.30. The minimum absolute atomic E-state index is 0.00246. The summed E-state index contributed by atoms with van der Waals surface area (Å²) < 4.78 is 12.0. The summed E-state index contributed by atoms with van der Waals surface area (Å²) in [5.74, 6) is -2.03. The number of nitrogens with two attached hydrogens (primary N) is 1. The fraction of sp³-hybridized carbons (Fsp3) is 0.417. The van der Waals surface area contributed by atoms with Crippen LogP contribution in [0.4, 0.5) is 0 Å². The van der Waals surface area contributed by atoms with Crippen molar-refractivity contribution >= 4 is 24.9 Å². The molecular formula is C12H17ClNO4P. The van der Waals surface area contributed by atoms with Gasteiger partial charge in [0.05, 0.1) is 5.78 Å². The van der Waals surface area contributed by atoms with E-state index >= 15 is 0 Å². The maximum Gasteiger partial charge on any atom is 0.303 e. The van der Waals surface area contributed by atoms with Crippen molar-refractivity contribution in [2.75, 3.05) is 6.16 Å². The molecule has 2 unspecified atom stereocenters. The Hall–Kier alpha value is -0.870. The standard InChI is InChI=1S/C12H17ClNO4P/c13-10-4-2-1-3-9(10)7-8-19(17,18)11(14)5-6-12(15)16/h1-4,11H,5-8,14H2,(H,15,16)(H,17,18). The topological polar surface area (TPSA) is 101 Å². The number of aryl methyl sites for hydroxylation is 1. The first-order valence-corrected chi connectivity index (χ1v) is 8.14. The first-order valence-electron chi connectivity index (χ1n) is 5.85. The van der Waals surface area contributed by atoms with Gasteiger partial charge in [0.25, 0.3) is 0 Å². The summed E-state index contributed by atoms with van der Waals surface area (Å²) in [4.78, 5) is 20.3. The summed E-state index contributed by atoms with van der Waals surface area (Å²) in [6, 6.07) is 7.07. The molecule has 1 aromatic carbocycles. The maximum absolute atomic E-state index is 12.0. The van der Waals surface area contributed by atoms with Gasteiger partial charge in [0, 0.05) is 17.6 Å². The van der Waals surface area contributed by atoms with Gasteiger partial charge in [-0.25, -0.2) is 0 Å². The van der Waals surface area contributed by atoms with Crippen LogP contribution in [-0.2, 0) is 15.8 Å². The van der Waals surface area contributed by atoms with E-state index in [1.165, 1.54) is 0 Å². The van der Waals surface area contributed by atoms with Crippen molar-refractivity contribution in [3.05, 3.63) is 34.9 Å². The molecule has 4 N–H and O–H groups in total. The monoisotopic (exact) mass is 305 g/mol. The number of benzene rings is 1. The third kappa shape index (κ3) is 5.33. The number of carboxylic acid groups (broad SMARTS) is 1. The van der Waals surface area contributed by atoms with Crippen molar-refractivity contribution in [1.82, 2.24) is 0 Å². The third-order valence-corrected chi connectivity index (χ3v) is 5.36. The van der Waals surface area contributed by atoms with Crippen molar-refractivity contribution in [2.24, 2.45) is 5.73 Å². The zero-order valence-corrected chi connectivity index (χ0v) is 12.0. The average molecular weight is 306 g/mol. The Kier molecular flexibility index (Phi) is 6.01. The summed E-state index contributed by atoms with van der Waals surface area (Å²) in [7, 11) is -3.57. The van der Waals surface area contributed by atoms with Gasteiger partial charge in [-0.2, -0.15) is 0 Å². The number of hydrogen-bond acceptors (Lipinski definition) is 3. The van der Waals surface area contributed by atoms with Crippen LogP contribution >= 0.6 is 19.0 Å². The molecule has 0 aromatic heterocycles. The zero-order valence-electron chi connectivity index (χ0n) is 10.3. The van der Waals surface area contributed by atoms with Crippen LogP contribution in [0.5, 0.6) is 0 Å². The Morgan fingerprint density at radius 3 is 2.63 bits per heavy atom. The van der Waals surface area contributed by atoms with Crippen molar-refractivity contribution in [2.45, 2.75) is 25.0 Å². The van der Waals surface area contributed by atoms with Gasteiger partial charge in [-0.15, -0.1) is 0 Å². The molecule has 5 nitrogen and oxygen atoms in total. The number of rotatable bonds is 7. The van der Waals surface area contributed by atoms with Gasteiger partial charge in [-0.1, -0.05) is 29.8 Å². The van der Waals surface area contributed by atoms with Gasteiger partial charge in [0.2, 0.25) is 7.37 Å². The lowest BCUT2D eigenvalue weighted by molar-refractivity contribution is -0.137. The van der Waals surface area contributed by atoms with Crippen molar-refractivity contribution < 1.29 is 19.4 Å². The van der Waals surface area contributed by atoms with Crippen molar-refractivity contribution in [3.63, 3.8) is 0 Å². The number of carboxylic acids is 1. The molecule has 0 bridgehead atoms. The minimum atomic E-state index is -3.57. The van der Waals surface area contributed by atoms with Gasteiger partial charge < -0.3 is 15.7 Å². The van der Waals surface area contributed by atoms with Crippen LogP contribution in [0, 0.1) is 0 Å². The molecule has 0 saturated carbocycles. The van der Waals surface area contributed by atoms with E-state index in [4.69, 9.17) is 22.4 Å². The van der Waals surface area contributed by atoms with E-state index in [1.807, 2.05) is 0 Å². The highest BCUT2D eigenvalue weighted by molar-refractivity contribution is 7.58. The van der Waals surface area contributed by atoms with Crippen LogP contribution in [0.3, 0.4) is 0 Å². The van der Waals surface area contributed by atoms with Crippen LogP contribution < -0.4 is 5.73 Å². The molecule has 0 fully saturated rings. The van der Waals surface area contributed by atoms with E-state index < -0.39 is 19.1 Å². The molecule has 0 saturated heterocycles. The van der Waals surface area contributed by atoms with E-state index in [0.717, 1.165) is 5.56 Å². The molecule has 0 radical (unpaired) electrons. The molecule has 1 rings (SSSR count). The second kappa shape index (κ2) is 7.06. The Morgan fingerprint density at radius 2 is 2.05 bits per heavy atom. The Bertz CT molecular complexity index is 494. The molecule has 0 amide bonds. The zero-order chi connectivity index (χ0) is 14.5. The van der Waals surface area contributed by atoms with Crippen LogP contribution in [0.2, 0.25) is 5.02 Å². The molecule has 7 heteroatoms. The van der Waals surface area contributed by atoms with Gasteiger partial charge in [0.1, 0.15) is 0 Å². The Balaban J connectivity index is 2.57. The first kappa shape index (κ1) is 16.2. The first-order chi connectivity index (χ1) is 8.83. The highest BCUT2D eigenvalue weighted by atomic mass is 35.5. The van der Waals surface area contributed by atoms with E-state index in [1.54, 1.807) is 24.3 Å². The lowest BCUT2D eigenvalue weighted by Crippen LogP contribution is -2.23. The summed E-state index contributed by atoms with van der Waals surface area (Å²) in [5, 5.41) is 9.07. The Morgan fingerprint density at radius 1 is 1.42 bits per heavy atom. The van der Waals surface area contributed by atoms with E-state index in [0.29, 0.717) is 11.4 Å². The highest BCUT2D eigenvalue weighted by Gasteiger charge is 2.27. The molecule has 0 spiro atoms. The smallest absolute Gasteiger partial charge is 0.303 e. The fourth-order valence-electron chi connectivity index (χ4n) is 1.62. The van der Waals surface area contributed by atoms with E-state index in [2.05, 4.69) is 0 Å². The second-order valence-corrected chi connectivity index (χ2v) is 7.35. The predicted molar refractivity (Wildman–Crippen MR) is 74.7 cm³/mol. The van der Waals surface area contributed by atoms with Gasteiger partial charge in [-0.05, 0) is 24.5 Å². The molecule has 0 aliphatic heterocycles. The summed E-state index contributed by atoms with van der Waals surface area (Å²) in [6.45, 7) is 0. The number of aliphatic carboxylic acids is 1. The number of carbonyl (C=O) groups is 1. The maximum atomic E-state index is 12.0. The average Bonchev–Trinajstić information content (AvgIpc) is 2.34. The van der Waals surface area contributed by atoms with Crippen LogP contribution in [0.15, 0.2) is 24.3 Å². The molecule has 106 valence electrons. The molecule has 19 heavy (non-hydrogen) atoms. The second-order valence-electron chi connectivity index (χ2n) is 4.32. The fourth-order valence-corrected chi connectivity index (χ4v) is 3.28. The normalized spacial score (nSPS) is 15.7.